The van der Waals surface area contributed by atoms with Gasteiger partial charge in [-0.25, -0.2) is 0 Å². The molecule has 1 amide bonds. The topological polar surface area (TPSA) is 106 Å². The van der Waals surface area contributed by atoms with Crippen LogP contribution in [0.2, 0.25) is 0 Å². The lowest BCUT2D eigenvalue weighted by Gasteiger charge is -2.27. The first-order valence-electron chi connectivity index (χ1n) is 12.8. The molecule has 3 N–H and O–H groups in total. The summed E-state index contributed by atoms with van der Waals surface area (Å²) in [5.41, 5.74) is -0.126. The second-order valence-corrected chi connectivity index (χ2v) is 11.7. The van der Waals surface area contributed by atoms with Crippen LogP contribution >= 0.6 is 47.0 Å². The number of carbonyl (C=O) groups is 1. The Hall–Kier alpha value is -1.55. The first-order valence-corrected chi connectivity index (χ1v) is 14.4. The molecule has 0 aliphatic carbocycles. The van der Waals surface area contributed by atoms with Crippen LogP contribution in [-0.2, 0) is 4.79 Å². The summed E-state index contributed by atoms with van der Waals surface area (Å²) < 4.78 is 3.11. The molecule has 1 aromatic carbocycles. The van der Waals surface area contributed by atoms with Crippen molar-refractivity contribution >= 4 is 69.4 Å². The van der Waals surface area contributed by atoms with Gasteiger partial charge < -0.3 is 20.7 Å². The van der Waals surface area contributed by atoms with E-state index in [1.807, 2.05) is 0 Å². The van der Waals surface area contributed by atoms with Gasteiger partial charge in [0.2, 0.25) is 9.70 Å². The van der Waals surface area contributed by atoms with Crippen LogP contribution in [0.15, 0.2) is 18.2 Å². The molecule has 0 radical (unpaired) electrons. The fourth-order valence-corrected chi connectivity index (χ4v) is 4.30. The number of carbonyl (C=O) groups excluding carboxylic acids is 1. The zero-order chi connectivity index (χ0) is 27.7. The third-order valence-electron chi connectivity index (χ3n) is 5.82. The van der Waals surface area contributed by atoms with E-state index < -0.39 is 14.9 Å². The molecular formula is C25H39Cl3N4O4S. The van der Waals surface area contributed by atoms with E-state index in [1.165, 1.54) is 77.0 Å². The van der Waals surface area contributed by atoms with Crippen LogP contribution in [0.4, 0.5) is 11.4 Å². The number of nitro groups is 1. The Morgan fingerprint density at radius 1 is 1.00 bits per heavy atom. The van der Waals surface area contributed by atoms with Gasteiger partial charge in [0.25, 0.3) is 5.69 Å². The second-order valence-electron chi connectivity index (χ2n) is 8.92. The van der Waals surface area contributed by atoms with Gasteiger partial charge in [0, 0.05) is 6.42 Å². The maximum Gasteiger partial charge on any atom is 0.296 e. The number of nitro benzene ring substituents is 1. The average Bonchev–Trinajstić information content (AvgIpc) is 2.83. The van der Waals surface area contributed by atoms with Crippen molar-refractivity contribution < 1.29 is 14.5 Å². The summed E-state index contributed by atoms with van der Waals surface area (Å²) >= 11 is 23.3. The van der Waals surface area contributed by atoms with Crippen LogP contribution in [0, 0.1) is 10.1 Å². The largest absolute Gasteiger partial charge is 0.496 e. The number of nitrogens with zero attached hydrogens (tertiary/aromatic N) is 1. The van der Waals surface area contributed by atoms with Crippen molar-refractivity contribution in [2.75, 3.05) is 12.4 Å². The molecule has 0 spiro atoms. The summed E-state index contributed by atoms with van der Waals surface area (Å²) in [5, 5.41) is 19.4. The van der Waals surface area contributed by atoms with Crippen molar-refractivity contribution in [3.8, 4) is 5.75 Å². The monoisotopic (exact) mass is 596 g/mol. The number of unbranched alkanes of at least 4 members (excludes halogenated alkanes) is 11. The third-order valence-corrected chi connectivity index (χ3v) is 6.69. The van der Waals surface area contributed by atoms with Crippen molar-refractivity contribution in [2.24, 2.45) is 0 Å². The standard InChI is InChI=1S/C25H39Cl3N4O4S/c1-3-4-5-6-7-8-9-10-11-12-13-14-15-22(33)30-23(25(26,27)28)31-24(37)29-20-17-16-19(36-2)18-21(20)32(34)35/h16-18,23H,3-15H2,1-2H3,(H,30,33)(H2,29,31,37)/t23-/m0/s1. The van der Waals surface area contributed by atoms with Gasteiger partial charge in [0.1, 0.15) is 17.6 Å². The number of rotatable bonds is 18. The molecule has 8 nitrogen and oxygen atoms in total. The van der Waals surface area contributed by atoms with Crippen LogP contribution in [0.1, 0.15) is 90.4 Å². The molecule has 37 heavy (non-hydrogen) atoms. The van der Waals surface area contributed by atoms with Crippen LogP contribution in [0.25, 0.3) is 0 Å². The minimum absolute atomic E-state index is 0.0599. The molecule has 12 heteroatoms. The smallest absolute Gasteiger partial charge is 0.296 e. The fourth-order valence-electron chi connectivity index (χ4n) is 3.74. The Labute approximate surface area is 240 Å². The van der Waals surface area contributed by atoms with Gasteiger partial charge in [0.15, 0.2) is 5.11 Å². The van der Waals surface area contributed by atoms with Gasteiger partial charge >= 0.3 is 0 Å². The molecule has 0 aliphatic heterocycles. The molecule has 0 heterocycles. The molecule has 1 rings (SSSR count). The van der Waals surface area contributed by atoms with Crippen LogP contribution in [0.3, 0.4) is 0 Å². The molecule has 0 saturated heterocycles. The summed E-state index contributed by atoms with van der Waals surface area (Å²) in [7, 11) is 1.41. The van der Waals surface area contributed by atoms with E-state index in [0.717, 1.165) is 19.3 Å². The van der Waals surface area contributed by atoms with Gasteiger partial charge in [-0.3, -0.25) is 14.9 Å². The highest BCUT2D eigenvalue weighted by atomic mass is 35.6. The quantitative estimate of drug-likeness (QED) is 0.0396. The predicted octanol–water partition coefficient (Wildman–Crippen LogP) is 7.79. The Bertz CT molecular complexity index is 856. The first kappa shape index (κ1) is 33.5. The molecular weight excluding hydrogens is 559 g/mol. The summed E-state index contributed by atoms with van der Waals surface area (Å²) in [5.74, 6) is 0.0366. The third kappa shape index (κ3) is 14.8. The Balaban J connectivity index is 2.40. The molecule has 0 bridgehead atoms. The van der Waals surface area contributed by atoms with E-state index in [2.05, 4.69) is 22.9 Å². The number of hydrogen-bond acceptors (Lipinski definition) is 5. The number of hydrogen-bond donors (Lipinski definition) is 3. The number of amides is 1. The molecule has 0 saturated carbocycles. The van der Waals surface area contributed by atoms with Crippen molar-refractivity contribution in [1.29, 1.82) is 0 Å². The predicted molar refractivity (Wildman–Crippen MR) is 157 cm³/mol. The van der Waals surface area contributed by atoms with Gasteiger partial charge in [-0.15, -0.1) is 0 Å². The number of thiocarbonyl (C=S) groups is 1. The molecule has 0 aliphatic rings. The molecule has 0 unspecified atom stereocenters. The Morgan fingerprint density at radius 2 is 1.54 bits per heavy atom. The molecule has 0 fully saturated rings. The van der Waals surface area contributed by atoms with E-state index in [4.69, 9.17) is 51.8 Å². The van der Waals surface area contributed by atoms with E-state index in [9.17, 15) is 14.9 Å². The number of methoxy groups -OCH3 is 1. The lowest BCUT2D eigenvalue weighted by Crippen LogP contribution is -2.56. The minimum Gasteiger partial charge on any atom is -0.496 e. The van der Waals surface area contributed by atoms with Crippen molar-refractivity contribution in [2.45, 2.75) is 100 Å². The van der Waals surface area contributed by atoms with E-state index >= 15 is 0 Å². The highest BCUT2D eigenvalue weighted by Crippen LogP contribution is 2.31. The summed E-state index contributed by atoms with van der Waals surface area (Å²) in [6.07, 6.45) is 13.5. The average molecular weight is 598 g/mol. The first-order chi connectivity index (χ1) is 17.6. The minimum atomic E-state index is -1.91. The fraction of sp³-hybridized carbons (Fsp3) is 0.680. The molecule has 210 valence electrons. The van der Waals surface area contributed by atoms with Gasteiger partial charge in [0.05, 0.1) is 18.1 Å². The number of benzene rings is 1. The van der Waals surface area contributed by atoms with Crippen LogP contribution in [0.5, 0.6) is 5.75 Å². The SMILES string of the molecule is CCCCCCCCCCCCCCC(=O)N[C@@H](NC(=S)Nc1ccc(OC)cc1[N+](=O)[O-])C(Cl)(Cl)Cl. The Morgan fingerprint density at radius 3 is 2.03 bits per heavy atom. The van der Waals surface area contributed by atoms with Gasteiger partial charge in [-0.1, -0.05) is 112 Å². The second kappa shape index (κ2) is 18.7. The van der Waals surface area contributed by atoms with E-state index in [-0.39, 0.29) is 22.4 Å². The van der Waals surface area contributed by atoms with Crippen molar-refractivity contribution in [3.63, 3.8) is 0 Å². The summed E-state index contributed by atoms with van der Waals surface area (Å²) in [6.45, 7) is 2.23. The van der Waals surface area contributed by atoms with Gasteiger partial charge in [-0.05, 0) is 30.8 Å². The van der Waals surface area contributed by atoms with Crippen molar-refractivity contribution in [3.05, 3.63) is 28.3 Å². The number of ether oxygens (including phenoxy) is 1. The molecule has 0 aromatic heterocycles. The van der Waals surface area contributed by atoms with Crippen LogP contribution in [-0.4, -0.2) is 33.0 Å². The maximum atomic E-state index is 12.4. The summed E-state index contributed by atoms with van der Waals surface area (Å²) in [6, 6.07) is 4.25. The number of alkyl halides is 3. The zero-order valence-electron chi connectivity index (χ0n) is 21.6. The maximum absolute atomic E-state index is 12.4. The normalized spacial score (nSPS) is 12.0. The lowest BCUT2D eigenvalue weighted by molar-refractivity contribution is -0.384. The van der Waals surface area contributed by atoms with Gasteiger partial charge in [-0.2, -0.15) is 0 Å². The van der Waals surface area contributed by atoms with Crippen molar-refractivity contribution in [1.82, 2.24) is 10.6 Å². The number of nitrogens with one attached hydrogen (secondary N) is 3. The number of halogens is 3. The molecule has 1 aromatic rings. The molecule has 1 atom stereocenters. The number of anilines is 1. The highest BCUT2D eigenvalue weighted by molar-refractivity contribution is 7.80. The Kier molecular flexibility index (Phi) is 16.9. The van der Waals surface area contributed by atoms with E-state index in [0.29, 0.717) is 12.2 Å². The lowest BCUT2D eigenvalue weighted by atomic mass is 10.0. The van der Waals surface area contributed by atoms with E-state index in [1.54, 1.807) is 6.07 Å². The highest BCUT2D eigenvalue weighted by Gasteiger charge is 2.34. The summed E-state index contributed by atoms with van der Waals surface area (Å²) in [4.78, 5) is 23.3. The zero-order valence-corrected chi connectivity index (χ0v) is 24.7. The van der Waals surface area contributed by atoms with Crippen LogP contribution < -0.4 is 20.7 Å².